The first kappa shape index (κ1) is 21.6. The molecule has 150 valence electrons. The van der Waals surface area contributed by atoms with Crippen molar-refractivity contribution < 1.29 is 18.4 Å². The first-order chi connectivity index (χ1) is 13.5. The number of oxime groups is 1. The third kappa shape index (κ3) is 6.47. The van der Waals surface area contributed by atoms with Gasteiger partial charge in [0.25, 0.3) is 0 Å². The lowest BCUT2D eigenvalue weighted by Crippen LogP contribution is -2.25. The predicted octanol–water partition coefficient (Wildman–Crippen LogP) is 2.30. The van der Waals surface area contributed by atoms with Gasteiger partial charge in [0.15, 0.2) is 0 Å². The quantitative estimate of drug-likeness (QED) is 0.245. The van der Waals surface area contributed by atoms with Crippen LogP contribution in [0, 0.1) is 0 Å². The van der Waals surface area contributed by atoms with Crippen LogP contribution in [0.2, 0.25) is 0 Å². The topological polar surface area (TPSA) is 108 Å². The molecule has 2 aromatic rings. The number of hydrogen-bond acceptors (Lipinski definition) is 5. The van der Waals surface area contributed by atoms with E-state index in [1.165, 1.54) is 19.2 Å². The van der Waals surface area contributed by atoms with Gasteiger partial charge < -0.3 is 10.5 Å². The first-order valence-corrected chi connectivity index (χ1v) is 10.5. The van der Waals surface area contributed by atoms with Crippen LogP contribution in [0.5, 0.6) is 0 Å². The summed E-state index contributed by atoms with van der Waals surface area (Å²) in [4.78, 5) is 12.2. The number of nitrogens with one attached hydrogen (secondary N) is 2. The van der Waals surface area contributed by atoms with E-state index in [4.69, 9.17) is 5.21 Å². The van der Waals surface area contributed by atoms with Crippen molar-refractivity contribution in [2.75, 3.05) is 13.6 Å². The Hall–Kier alpha value is -2.71. The highest BCUT2D eigenvalue weighted by Crippen LogP contribution is 2.11. The van der Waals surface area contributed by atoms with Gasteiger partial charge >= 0.3 is 0 Å². The molecular weight excluding hydrogens is 378 g/mol. The molecule has 8 heteroatoms. The van der Waals surface area contributed by atoms with Crippen molar-refractivity contribution in [1.82, 2.24) is 10.0 Å². The molecule has 2 aromatic carbocycles. The third-order valence-electron chi connectivity index (χ3n) is 4.28. The van der Waals surface area contributed by atoms with Crippen molar-refractivity contribution in [2.45, 2.75) is 30.6 Å². The van der Waals surface area contributed by atoms with E-state index in [0.29, 0.717) is 37.9 Å². The standard InChI is InChI=1S/C20H25N3O4S/c1-21-28(26,27)18-12-9-16(10-13-18)11-14-20(24)22-15-5-8-19(23-25)17-6-3-2-4-7-17/h2-4,6-7,9-10,12-13,21,25H,5,8,11,14-15H2,1H3,(H,22,24)/b23-19-. The van der Waals surface area contributed by atoms with Gasteiger partial charge in [-0.15, -0.1) is 0 Å². The average Bonchev–Trinajstić information content (AvgIpc) is 2.73. The molecule has 7 nitrogen and oxygen atoms in total. The summed E-state index contributed by atoms with van der Waals surface area (Å²) < 4.78 is 25.6. The SMILES string of the molecule is CNS(=O)(=O)c1ccc(CCC(=O)NCCC/C(=N/O)c2ccccc2)cc1. The van der Waals surface area contributed by atoms with E-state index in [2.05, 4.69) is 15.2 Å². The Kier molecular flexibility index (Phi) is 8.16. The largest absolute Gasteiger partial charge is 0.411 e. The highest BCUT2D eigenvalue weighted by atomic mass is 32.2. The molecule has 0 heterocycles. The van der Waals surface area contributed by atoms with E-state index in [1.54, 1.807) is 12.1 Å². The maximum atomic E-state index is 12.0. The van der Waals surface area contributed by atoms with Crippen LogP contribution in [-0.4, -0.2) is 38.8 Å². The summed E-state index contributed by atoms with van der Waals surface area (Å²) in [5.74, 6) is -0.0749. The van der Waals surface area contributed by atoms with E-state index in [1.807, 2.05) is 30.3 Å². The van der Waals surface area contributed by atoms with E-state index in [9.17, 15) is 13.2 Å². The van der Waals surface area contributed by atoms with E-state index in [0.717, 1.165) is 11.1 Å². The van der Waals surface area contributed by atoms with Gasteiger partial charge in [0.2, 0.25) is 15.9 Å². The summed E-state index contributed by atoms with van der Waals surface area (Å²) in [5, 5.41) is 15.3. The van der Waals surface area contributed by atoms with Crippen molar-refractivity contribution in [3.05, 3.63) is 65.7 Å². The van der Waals surface area contributed by atoms with Crippen molar-refractivity contribution in [3.8, 4) is 0 Å². The van der Waals surface area contributed by atoms with Crippen LogP contribution in [-0.2, 0) is 21.2 Å². The van der Waals surface area contributed by atoms with E-state index >= 15 is 0 Å². The molecule has 0 bridgehead atoms. The Bertz CT molecular complexity index is 895. The fourth-order valence-corrected chi connectivity index (χ4v) is 3.40. The summed E-state index contributed by atoms with van der Waals surface area (Å²) >= 11 is 0. The molecule has 1 amide bonds. The summed E-state index contributed by atoms with van der Waals surface area (Å²) in [6.45, 7) is 0.490. The van der Waals surface area contributed by atoms with Gasteiger partial charge in [0, 0.05) is 13.0 Å². The normalized spacial score (nSPS) is 12.0. The van der Waals surface area contributed by atoms with Crippen molar-refractivity contribution >= 4 is 21.6 Å². The van der Waals surface area contributed by atoms with Gasteiger partial charge in [-0.1, -0.05) is 47.6 Å². The molecule has 0 spiro atoms. The molecule has 0 fully saturated rings. The number of sulfonamides is 1. The third-order valence-corrected chi connectivity index (χ3v) is 5.71. The maximum Gasteiger partial charge on any atom is 0.240 e. The maximum absolute atomic E-state index is 12.0. The molecule has 0 unspecified atom stereocenters. The molecule has 2 rings (SSSR count). The minimum absolute atomic E-state index is 0.0749. The van der Waals surface area contributed by atoms with Gasteiger partial charge in [0.1, 0.15) is 0 Å². The van der Waals surface area contributed by atoms with Crippen molar-refractivity contribution in [3.63, 3.8) is 0 Å². The van der Waals surface area contributed by atoms with Crippen LogP contribution in [0.15, 0.2) is 64.6 Å². The van der Waals surface area contributed by atoms with Gasteiger partial charge in [-0.05, 0) is 49.6 Å². The summed E-state index contributed by atoms with van der Waals surface area (Å²) in [6.07, 6.45) is 2.07. The Balaban J connectivity index is 1.72. The van der Waals surface area contributed by atoms with Gasteiger partial charge in [-0.25, -0.2) is 13.1 Å². The Morgan fingerprint density at radius 1 is 1.04 bits per heavy atom. The Morgan fingerprint density at radius 3 is 2.32 bits per heavy atom. The fourth-order valence-electron chi connectivity index (χ4n) is 2.67. The molecule has 0 atom stereocenters. The molecule has 0 radical (unpaired) electrons. The summed E-state index contributed by atoms with van der Waals surface area (Å²) in [5.41, 5.74) is 2.34. The molecular formula is C20H25N3O4S. The van der Waals surface area contributed by atoms with Gasteiger partial charge in [-0.3, -0.25) is 4.79 Å². The highest BCUT2D eigenvalue weighted by molar-refractivity contribution is 7.89. The number of hydrogen-bond donors (Lipinski definition) is 3. The number of nitrogens with zero attached hydrogens (tertiary/aromatic N) is 1. The zero-order valence-electron chi connectivity index (χ0n) is 15.8. The van der Waals surface area contributed by atoms with E-state index in [-0.39, 0.29) is 10.8 Å². The van der Waals surface area contributed by atoms with Crippen LogP contribution in [0.1, 0.15) is 30.4 Å². The summed E-state index contributed by atoms with van der Waals surface area (Å²) in [7, 11) is -2.08. The highest BCUT2D eigenvalue weighted by Gasteiger charge is 2.11. The van der Waals surface area contributed by atoms with Gasteiger partial charge in [-0.2, -0.15) is 0 Å². The second kappa shape index (κ2) is 10.6. The number of carbonyl (C=O) groups is 1. The fraction of sp³-hybridized carbons (Fsp3) is 0.300. The molecule has 28 heavy (non-hydrogen) atoms. The lowest BCUT2D eigenvalue weighted by molar-refractivity contribution is -0.121. The monoisotopic (exact) mass is 403 g/mol. The lowest BCUT2D eigenvalue weighted by Gasteiger charge is -2.07. The zero-order chi connectivity index (χ0) is 20.4. The average molecular weight is 404 g/mol. The van der Waals surface area contributed by atoms with Gasteiger partial charge in [0.05, 0.1) is 10.6 Å². The second-order valence-electron chi connectivity index (χ2n) is 6.22. The number of carbonyl (C=O) groups excluding carboxylic acids is 1. The van der Waals surface area contributed by atoms with Crippen LogP contribution in [0.4, 0.5) is 0 Å². The van der Waals surface area contributed by atoms with Crippen LogP contribution < -0.4 is 10.0 Å². The number of aryl methyl sites for hydroxylation is 1. The number of amides is 1. The van der Waals surface area contributed by atoms with Crippen molar-refractivity contribution in [1.29, 1.82) is 0 Å². The van der Waals surface area contributed by atoms with Crippen LogP contribution in [0.3, 0.4) is 0 Å². The lowest BCUT2D eigenvalue weighted by atomic mass is 10.1. The number of rotatable bonds is 10. The predicted molar refractivity (Wildman–Crippen MR) is 108 cm³/mol. The summed E-state index contributed by atoms with van der Waals surface area (Å²) in [6, 6.07) is 15.9. The zero-order valence-corrected chi connectivity index (χ0v) is 16.6. The molecule has 3 N–H and O–H groups in total. The van der Waals surface area contributed by atoms with E-state index < -0.39 is 10.0 Å². The second-order valence-corrected chi connectivity index (χ2v) is 8.10. The molecule has 0 aromatic heterocycles. The first-order valence-electron chi connectivity index (χ1n) is 9.02. The molecule has 0 saturated carbocycles. The van der Waals surface area contributed by atoms with Crippen LogP contribution in [0.25, 0.3) is 0 Å². The Morgan fingerprint density at radius 2 is 1.71 bits per heavy atom. The van der Waals surface area contributed by atoms with Crippen LogP contribution >= 0.6 is 0 Å². The molecule has 0 aliphatic rings. The number of benzene rings is 2. The smallest absolute Gasteiger partial charge is 0.240 e. The van der Waals surface area contributed by atoms with Crippen molar-refractivity contribution in [2.24, 2.45) is 5.16 Å². The minimum atomic E-state index is -3.45. The minimum Gasteiger partial charge on any atom is -0.411 e. The molecule has 0 saturated heterocycles. The Labute approximate surface area is 165 Å². The molecule has 0 aliphatic heterocycles. The molecule has 0 aliphatic carbocycles.